The summed E-state index contributed by atoms with van der Waals surface area (Å²) in [7, 11) is 1.64. The molecule has 0 radical (unpaired) electrons. The lowest BCUT2D eigenvalue weighted by molar-refractivity contribution is -0.699. The molecule has 0 aromatic heterocycles. The molecule has 3 saturated carbocycles. The van der Waals surface area contributed by atoms with E-state index in [0.717, 1.165) is 64.3 Å². The summed E-state index contributed by atoms with van der Waals surface area (Å²) >= 11 is 0. The van der Waals surface area contributed by atoms with Gasteiger partial charge in [0, 0.05) is 25.9 Å². The van der Waals surface area contributed by atoms with Crippen molar-refractivity contribution in [1.82, 2.24) is 0 Å². The van der Waals surface area contributed by atoms with Gasteiger partial charge in [0.2, 0.25) is 0 Å². The lowest BCUT2D eigenvalue weighted by Crippen LogP contribution is -2.94. The number of hydrogen-bond donors (Lipinski definition) is 6. The standard InChI is InChI=1S/C32H58N2O7/c1-40-29-17-20(8-12-27(29)37)7-10-25(35)24(15-22-13-14-34-31(33)19-22)26(36)11-9-21-16-28(38)32(39)30(18-21)41-23-5-3-2-4-6-23/h20-25,27-32,34-35,37-39H,2-19,33H2,1H3/p+1. The molecule has 1 aliphatic heterocycles. The van der Waals surface area contributed by atoms with Crippen LogP contribution >= 0.6 is 0 Å². The molecule has 1 heterocycles. The third-order valence-corrected chi connectivity index (χ3v) is 10.8. The van der Waals surface area contributed by atoms with Crippen LogP contribution < -0.4 is 11.1 Å². The zero-order valence-corrected chi connectivity index (χ0v) is 25.3. The fraction of sp³-hybridized carbons (Fsp3) is 0.969. The minimum atomic E-state index is -0.871. The zero-order chi connectivity index (χ0) is 29.4. The molecule has 1 saturated heterocycles. The zero-order valence-electron chi connectivity index (χ0n) is 25.3. The van der Waals surface area contributed by atoms with E-state index in [-0.39, 0.29) is 36.2 Å². The molecule has 9 nitrogen and oxygen atoms in total. The van der Waals surface area contributed by atoms with Crippen LogP contribution in [-0.4, -0.2) is 88.8 Å². The van der Waals surface area contributed by atoms with Gasteiger partial charge in [0.05, 0.1) is 43.2 Å². The maximum Gasteiger partial charge on any atom is 0.138 e. The third-order valence-electron chi connectivity index (χ3n) is 10.8. The highest BCUT2D eigenvalue weighted by Crippen LogP contribution is 2.36. The molecule has 8 N–H and O–H groups in total. The van der Waals surface area contributed by atoms with E-state index in [9.17, 15) is 25.2 Å². The van der Waals surface area contributed by atoms with Crippen LogP contribution in [0.15, 0.2) is 0 Å². The van der Waals surface area contributed by atoms with E-state index < -0.39 is 30.3 Å². The molecule has 4 aliphatic rings. The lowest BCUT2D eigenvalue weighted by Gasteiger charge is -2.39. The fourth-order valence-corrected chi connectivity index (χ4v) is 8.19. The molecule has 0 spiro atoms. The smallest absolute Gasteiger partial charge is 0.138 e. The number of aliphatic hydroxyl groups is 4. The summed E-state index contributed by atoms with van der Waals surface area (Å²) in [6.45, 7) is 0.955. The molecular formula is C32H59N2O7+. The Bertz CT molecular complexity index is 781. The number of carbonyl (C=O) groups excluding carboxylic acids is 1. The molecule has 4 rings (SSSR count). The molecule has 9 heteroatoms. The highest BCUT2D eigenvalue weighted by atomic mass is 16.5. The first kappa shape index (κ1) is 33.2. The number of hydrogen-bond acceptors (Lipinski definition) is 8. The van der Waals surface area contributed by atoms with E-state index in [4.69, 9.17) is 15.2 Å². The average molecular weight is 584 g/mol. The molecule has 3 aliphatic carbocycles. The van der Waals surface area contributed by atoms with Crippen molar-refractivity contribution in [2.45, 2.75) is 158 Å². The Hall–Kier alpha value is -0.650. The van der Waals surface area contributed by atoms with Crippen molar-refractivity contribution in [2.24, 2.45) is 29.4 Å². The van der Waals surface area contributed by atoms with E-state index >= 15 is 0 Å². The molecule has 0 aromatic rings. The predicted molar refractivity (Wildman–Crippen MR) is 156 cm³/mol. The quantitative estimate of drug-likeness (QED) is 0.191. The minimum absolute atomic E-state index is 0.0533. The van der Waals surface area contributed by atoms with Gasteiger partial charge in [0.1, 0.15) is 18.1 Å². The molecule has 4 fully saturated rings. The first-order chi connectivity index (χ1) is 19.7. The van der Waals surface area contributed by atoms with Crippen LogP contribution in [0.4, 0.5) is 0 Å². The molecule has 11 unspecified atom stereocenters. The average Bonchev–Trinajstić information content (AvgIpc) is 2.97. The van der Waals surface area contributed by atoms with Crippen molar-refractivity contribution in [3.8, 4) is 0 Å². The summed E-state index contributed by atoms with van der Waals surface area (Å²) < 4.78 is 11.8. The van der Waals surface area contributed by atoms with Gasteiger partial charge in [-0.1, -0.05) is 19.3 Å². The second-order valence-electron chi connectivity index (χ2n) is 13.9. The predicted octanol–water partition coefficient (Wildman–Crippen LogP) is 1.77. The van der Waals surface area contributed by atoms with Crippen LogP contribution in [0, 0.1) is 23.7 Å². The second kappa shape index (κ2) is 16.4. The number of ketones is 1. The van der Waals surface area contributed by atoms with Gasteiger partial charge in [-0.05, 0) is 94.8 Å². The van der Waals surface area contributed by atoms with Crippen molar-refractivity contribution in [2.75, 3.05) is 13.7 Å². The van der Waals surface area contributed by atoms with Crippen LogP contribution in [0.5, 0.6) is 0 Å². The molecule has 0 bridgehead atoms. The molecule has 41 heavy (non-hydrogen) atoms. The number of methoxy groups -OCH3 is 1. The Morgan fingerprint density at radius 3 is 2.37 bits per heavy atom. The lowest BCUT2D eigenvalue weighted by atomic mass is 9.76. The van der Waals surface area contributed by atoms with Crippen LogP contribution in [0.3, 0.4) is 0 Å². The van der Waals surface area contributed by atoms with E-state index in [1.165, 1.54) is 6.42 Å². The van der Waals surface area contributed by atoms with Gasteiger partial charge in [-0.3, -0.25) is 10.5 Å². The Morgan fingerprint density at radius 1 is 0.878 bits per heavy atom. The first-order valence-electron chi connectivity index (χ1n) is 16.8. The Labute approximate surface area is 246 Å². The maximum absolute atomic E-state index is 13.7. The third kappa shape index (κ3) is 9.93. The summed E-state index contributed by atoms with van der Waals surface area (Å²) in [6.07, 6.45) is 10.9. The number of quaternary nitrogens is 1. The second-order valence-corrected chi connectivity index (χ2v) is 13.9. The van der Waals surface area contributed by atoms with E-state index in [0.29, 0.717) is 56.8 Å². The maximum atomic E-state index is 13.7. The van der Waals surface area contributed by atoms with Gasteiger partial charge in [-0.25, -0.2) is 0 Å². The van der Waals surface area contributed by atoms with Gasteiger partial charge in [0.15, 0.2) is 0 Å². The van der Waals surface area contributed by atoms with Crippen molar-refractivity contribution in [3.05, 3.63) is 0 Å². The largest absolute Gasteiger partial charge is 0.392 e. The van der Waals surface area contributed by atoms with Gasteiger partial charge < -0.3 is 35.2 Å². The van der Waals surface area contributed by atoms with Gasteiger partial charge in [0.25, 0.3) is 0 Å². The van der Waals surface area contributed by atoms with E-state index in [1.54, 1.807) is 7.11 Å². The number of piperidine rings is 1. The van der Waals surface area contributed by atoms with Crippen molar-refractivity contribution >= 4 is 5.78 Å². The van der Waals surface area contributed by atoms with Crippen LogP contribution in [-0.2, 0) is 14.3 Å². The number of aliphatic hydroxyl groups excluding tert-OH is 4. The Morgan fingerprint density at radius 2 is 1.63 bits per heavy atom. The first-order valence-corrected chi connectivity index (χ1v) is 16.8. The summed E-state index contributed by atoms with van der Waals surface area (Å²) in [5, 5.41) is 44.9. The number of carbonyl (C=O) groups is 1. The van der Waals surface area contributed by atoms with Crippen LogP contribution in [0.1, 0.15) is 109 Å². The molecule has 238 valence electrons. The SMILES string of the molecule is COC1CC(CCC(O)C(CC2CC[NH2+]C(N)C2)C(=O)CCC2CC(O)C(O)C(OC3CCCCC3)C2)CCC1O. The van der Waals surface area contributed by atoms with E-state index in [2.05, 4.69) is 5.32 Å². The number of ether oxygens (including phenoxy) is 2. The molecule has 0 amide bonds. The topological polar surface area (TPSA) is 159 Å². The molecule has 0 aromatic carbocycles. The summed E-state index contributed by atoms with van der Waals surface area (Å²) in [5.41, 5.74) is 6.22. The normalized spacial score (nSPS) is 38.8. The van der Waals surface area contributed by atoms with Gasteiger partial charge in [-0.2, -0.15) is 0 Å². The van der Waals surface area contributed by atoms with Gasteiger partial charge >= 0.3 is 0 Å². The van der Waals surface area contributed by atoms with Crippen molar-refractivity contribution < 1.29 is 40.0 Å². The summed E-state index contributed by atoms with van der Waals surface area (Å²) in [4.78, 5) is 13.7. The van der Waals surface area contributed by atoms with E-state index in [1.807, 2.05) is 0 Å². The highest BCUT2D eigenvalue weighted by Gasteiger charge is 2.39. The Balaban J connectivity index is 1.32. The number of nitrogens with two attached hydrogens (primary N) is 2. The highest BCUT2D eigenvalue weighted by molar-refractivity contribution is 5.81. The fourth-order valence-electron chi connectivity index (χ4n) is 8.19. The van der Waals surface area contributed by atoms with Crippen LogP contribution in [0.2, 0.25) is 0 Å². The minimum Gasteiger partial charge on any atom is -0.392 e. The van der Waals surface area contributed by atoms with Gasteiger partial charge in [-0.15, -0.1) is 0 Å². The molecular weight excluding hydrogens is 524 g/mol. The summed E-state index contributed by atoms with van der Waals surface area (Å²) in [5.74, 6) is 0.524. The monoisotopic (exact) mass is 583 g/mol. The molecule has 11 atom stereocenters. The van der Waals surface area contributed by atoms with Crippen molar-refractivity contribution in [1.29, 1.82) is 0 Å². The number of Topliss-reactive ketones (excluding diaryl/α,β-unsaturated/α-hetero) is 1. The van der Waals surface area contributed by atoms with Crippen molar-refractivity contribution in [3.63, 3.8) is 0 Å². The Kier molecular flexibility index (Phi) is 13.3. The summed E-state index contributed by atoms with van der Waals surface area (Å²) in [6, 6.07) is 0. The number of rotatable bonds is 13. The van der Waals surface area contributed by atoms with Crippen LogP contribution in [0.25, 0.3) is 0 Å².